The van der Waals surface area contributed by atoms with Crippen molar-refractivity contribution >= 4 is 38.2 Å². The third kappa shape index (κ3) is 2.59. The van der Waals surface area contributed by atoms with Gasteiger partial charge in [-0.15, -0.1) is 0 Å². The topological polar surface area (TPSA) is 91.4 Å². The molecule has 3 rings (SSSR count). The summed E-state index contributed by atoms with van der Waals surface area (Å²) in [4.78, 5) is 10.0. The molecule has 0 atom stereocenters. The van der Waals surface area contributed by atoms with E-state index in [1.807, 2.05) is 0 Å². The lowest BCUT2D eigenvalue weighted by Crippen LogP contribution is -2.12. The number of fused-ring (bicyclic) bond motifs is 1. The molecular formula is C15H11ClN2O5S. The Kier molecular flexibility index (Phi) is 3.94. The van der Waals surface area contributed by atoms with Crippen LogP contribution in [0.4, 0.5) is 5.69 Å². The van der Waals surface area contributed by atoms with Gasteiger partial charge in [0, 0.05) is 23.7 Å². The van der Waals surface area contributed by atoms with E-state index in [2.05, 4.69) is 0 Å². The molecule has 2 aromatic carbocycles. The number of benzene rings is 2. The Hall–Kier alpha value is -2.58. The summed E-state index contributed by atoms with van der Waals surface area (Å²) in [5.74, 6) is 0.500. The highest BCUT2D eigenvalue weighted by Gasteiger charge is 2.23. The van der Waals surface area contributed by atoms with Gasteiger partial charge in [-0.05, 0) is 30.3 Å². The minimum absolute atomic E-state index is 0.127. The van der Waals surface area contributed by atoms with Gasteiger partial charge in [0.25, 0.3) is 15.7 Å². The number of hydrogen-bond donors (Lipinski definition) is 0. The zero-order valence-electron chi connectivity index (χ0n) is 12.3. The van der Waals surface area contributed by atoms with E-state index in [4.69, 9.17) is 16.3 Å². The number of nitro benzene ring substituents is 1. The summed E-state index contributed by atoms with van der Waals surface area (Å²) in [5.41, 5.74) is -0.0567. The van der Waals surface area contributed by atoms with Crippen LogP contribution in [0.1, 0.15) is 0 Å². The van der Waals surface area contributed by atoms with Crippen molar-refractivity contribution in [3.05, 3.63) is 63.8 Å². The van der Waals surface area contributed by atoms with Crippen LogP contribution >= 0.6 is 11.6 Å². The lowest BCUT2D eigenvalue weighted by Gasteiger charge is -2.09. The second-order valence-corrected chi connectivity index (χ2v) is 7.13. The van der Waals surface area contributed by atoms with Crippen LogP contribution in [0.25, 0.3) is 10.9 Å². The molecule has 0 amide bonds. The molecule has 0 aliphatic carbocycles. The van der Waals surface area contributed by atoms with Crippen molar-refractivity contribution in [3.8, 4) is 5.75 Å². The average Bonchev–Trinajstić information content (AvgIpc) is 2.98. The van der Waals surface area contributed by atoms with Crippen molar-refractivity contribution in [2.45, 2.75) is 4.90 Å². The van der Waals surface area contributed by atoms with Crippen LogP contribution in [0.3, 0.4) is 0 Å². The van der Waals surface area contributed by atoms with Crippen molar-refractivity contribution < 1.29 is 18.1 Å². The summed E-state index contributed by atoms with van der Waals surface area (Å²) in [5, 5.41) is 11.6. The fourth-order valence-corrected chi connectivity index (χ4v) is 3.88. The number of nitro groups is 1. The molecule has 1 aromatic heterocycles. The fourth-order valence-electron chi connectivity index (χ4n) is 2.33. The van der Waals surface area contributed by atoms with E-state index in [-0.39, 0.29) is 9.92 Å². The molecule has 0 saturated heterocycles. The molecular weight excluding hydrogens is 356 g/mol. The molecule has 0 radical (unpaired) electrons. The normalized spacial score (nSPS) is 11.6. The molecule has 124 valence electrons. The van der Waals surface area contributed by atoms with Gasteiger partial charge in [0.15, 0.2) is 0 Å². The molecule has 9 heteroatoms. The third-order valence-electron chi connectivity index (χ3n) is 3.54. The zero-order valence-corrected chi connectivity index (χ0v) is 13.9. The van der Waals surface area contributed by atoms with E-state index in [1.54, 1.807) is 24.3 Å². The number of rotatable bonds is 4. The predicted octanol–water partition coefficient (Wildman–Crippen LogP) is 3.45. The quantitative estimate of drug-likeness (QED) is 0.521. The van der Waals surface area contributed by atoms with E-state index >= 15 is 0 Å². The lowest BCUT2D eigenvalue weighted by molar-refractivity contribution is -0.384. The number of aromatic nitrogens is 1. The second-order valence-electron chi connectivity index (χ2n) is 4.91. The molecule has 0 bridgehead atoms. The van der Waals surface area contributed by atoms with Gasteiger partial charge >= 0.3 is 0 Å². The van der Waals surface area contributed by atoms with Crippen molar-refractivity contribution in [1.29, 1.82) is 0 Å². The van der Waals surface area contributed by atoms with Crippen LogP contribution in [-0.2, 0) is 10.0 Å². The SMILES string of the molecule is COc1ccc2ccn(S(=O)(=O)c3ccc(Cl)c([N+](=O)[O-])c3)c2c1. The molecule has 0 aliphatic rings. The Bertz CT molecular complexity index is 1060. The van der Waals surface area contributed by atoms with Gasteiger partial charge in [-0.25, -0.2) is 12.4 Å². The molecule has 1 heterocycles. The Morgan fingerprint density at radius 1 is 1.17 bits per heavy atom. The maximum Gasteiger partial charge on any atom is 0.289 e. The Morgan fingerprint density at radius 2 is 1.92 bits per heavy atom. The average molecular weight is 367 g/mol. The monoisotopic (exact) mass is 366 g/mol. The van der Waals surface area contributed by atoms with Crippen molar-refractivity contribution in [1.82, 2.24) is 3.97 Å². The molecule has 0 N–H and O–H groups in total. The molecule has 0 aliphatic heterocycles. The van der Waals surface area contributed by atoms with Crippen LogP contribution in [0, 0.1) is 10.1 Å². The van der Waals surface area contributed by atoms with Crippen molar-refractivity contribution in [2.75, 3.05) is 7.11 Å². The minimum Gasteiger partial charge on any atom is -0.497 e. The number of halogens is 1. The number of ether oxygens (including phenoxy) is 1. The summed E-state index contributed by atoms with van der Waals surface area (Å²) < 4.78 is 31.9. The van der Waals surface area contributed by atoms with Crippen LogP contribution in [0.15, 0.2) is 53.6 Å². The summed E-state index contributed by atoms with van der Waals surface area (Å²) in [6.45, 7) is 0. The molecule has 3 aromatic rings. The van der Waals surface area contributed by atoms with Gasteiger partial charge in [0.05, 0.1) is 22.4 Å². The fraction of sp³-hybridized carbons (Fsp3) is 0.0667. The maximum absolute atomic E-state index is 12.9. The maximum atomic E-state index is 12.9. The molecule has 0 fully saturated rings. The largest absolute Gasteiger partial charge is 0.497 e. The van der Waals surface area contributed by atoms with Gasteiger partial charge in [-0.3, -0.25) is 10.1 Å². The highest BCUT2D eigenvalue weighted by Crippen LogP contribution is 2.30. The van der Waals surface area contributed by atoms with Crippen LogP contribution in [0.2, 0.25) is 5.02 Å². The first-order valence-electron chi connectivity index (χ1n) is 6.69. The summed E-state index contributed by atoms with van der Waals surface area (Å²) in [7, 11) is -2.54. The van der Waals surface area contributed by atoms with Crippen LogP contribution < -0.4 is 4.74 Å². The van der Waals surface area contributed by atoms with Gasteiger partial charge in [0.2, 0.25) is 0 Å². The molecule has 0 unspecified atom stereocenters. The zero-order chi connectivity index (χ0) is 17.5. The smallest absolute Gasteiger partial charge is 0.289 e. The molecule has 0 saturated carbocycles. The van der Waals surface area contributed by atoms with Crippen LogP contribution in [0.5, 0.6) is 5.75 Å². The van der Waals surface area contributed by atoms with Gasteiger partial charge < -0.3 is 4.74 Å². The lowest BCUT2D eigenvalue weighted by atomic mass is 10.2. The predicted molar refractivity (Wildman–Crippen MR) is 89.2 cm³/mol. The Balaban J connectivity index is 2.22. The molecule has 0 spiro atoms. The Labute approximate surface area is 142 Å². The summed E-state index contributed by atoms with van der Waals surface area (Å²) >= 11 is 5.74. The summed E-state index contributed by atoms with van der Waals surface area (Å²) in [6, 6.07) is 10.0. The van der Waals surface area contributed by atoms with Crippen molar-refractivity contribution in [3.63, 3.8) is 0 Å². The molecule has 24 heavy (non-hydrogen) atoms. The highest BCUT2D eigenvalue weighted by molar-refractivity contribution is 7.90. The van der Waals surface area contributed by atoms with E-state index in [9.17, 15) is 18.5 Å². The summed E-state index contributed by atoms with van der Waals surface area (Å²) in [6.07, 6.45) is 1.39. The molecule has 7 nitrogen and oxygen atoms in total. The van der Waals surface area contributed by atoms with Gasteiger partial charge in [-0.2, -0.15) is 0 Å². The number of hydrogen-bond acceptors (Lipinski definition) is 5. The van der Waals surface area contributed by atoms with E-state index in [1.165, 1.54) is 25.4 Å². The van der Waals surface area contributed by atoms with Crippen LogP contribution in [-0.4, -0.2) is 24.4 Å². The van der Waals surface area contributed by atoms with Gasteiger partial charge in [-0.1, -0.05) is 11.6 Å². The first-order chi connectivity index (χ1) is 11.3. The number of methoxy groups -OCH3 is 1. The third-order valence-corrected chi connectivity index (χ3v) is 5.54. The van der Waals surface area contributed by atoms with Crippen molar-refractivity contribution in [2.24, 2.45) is 0 Å². The van der Waals surface area contributed by atoms with Gasteiger partial charge in [0.1, 0.15) is 10.8 Å². The number of nitrogens with zero attached hydrogens (tertiary/aromatic N) is 2. The van der Waals surface area contributed by atoms with E-state index in [0.29, 0.717) is 16.7 Å². The first-order valence-corrected chi connectivity index (χ1v) is 8.51. The second kappa shape index (κ2) is 5.81. The standard InChI is InChI=1S/C15H11ClN2O5S/c1-23-11-3-2-10-6-7-17(14(10)8-11)24(21,22)12-4-5-13(16)15(9-12)18(19)20/h2-9H,1H3. The first kappa shape index (κ1) is 16.3. The Morgan fingerprint density at radius 3 is 2.58 bits per heavy atom. The van der Waals surface area contributed by atoms with E-state index in [0.717, 1.165) is 10.0 Å². The minimum atomic E-state index is -4.02. The van der Waals surface area contributed by atoms with E-state index < -0.39 is 20.6 Å². The highest BCUT2D eigenvalue weighted by atomic mass is 35.5.